The van der Waals surface area contributed by atoms with Gasteiger partial charge in [0.2, 0.25) is 5.91 Å². The van der Waals surface area contributed by atoms with Crippen LogP contribution in [0.15, 0.2) is 0 Å². The van der Waals surface area contributed by atoms with Gasteiger partial charge in [-0.15, -0.1) is 0 Å². The molecule has 5 aliphatic rings. The Morgan fingerprint density at radius 2 is 1.57 bits per heavy atom. The number of nitrogens with zero attached hydrogens (tertiary/aromatic N) is 2. The van der Waals surface area contributed by atoms with Crippen molar-refractivity contribution < 1.29 is 4.79 Å². The van der Waals surface area contributed by atoms with Gasteiger partial charge in [0.15, 0.2) is 0 Å². The third kappa shape index (κ3) is 5.01. The van der Waals surface area contributed by atoms with Gasteiger partial charge < -0.3 is 15.5 Å². The minimum absolute atomic E-state index is 0.00654. The van der Waals surface area contributed by atoms with E-state index in [4.69, 9.17) is 0 Å². The van der Waals surface area contributed by atoms with E-state index in [1.165, 1.54) is 51.4 Å². The summed E-state index contributed by atoms with van der Waals surface area (Å²) in [5, 5.41) is 17.1. The van der Waals surface area contributed by atoms with E-state index < -0.39 is 0 Å². The Kier molecular flexibility index (Phi) is 7.48. The number of likely N-dealkylation sites (N-methyl/N-ethyl adjacent to an activating group) is 1. The van der Waals surface area contributed by atoms with E-state index in [0.717, 1.165) is 37.3 Å². The first-order chi connectivity index (χ1) is 16.8. The fourth-order valence-electron chi connectivity index (χ4n) is 8.55. The predicted molar refractivity (Wildman–Crippen MR) is 138 cm³/mol. The Bertz CT molecular complexity index is 792. The molecular formula is C28H48N6O. The summed E-state index contributed by atoms with van der Waals surface area (Å²) in [7, 11) is 3.72. The third-order valence-corrected chi connectivity index (χ3v) is 10.8. The molecule has 2 saturated carbocycles. The molecule has 0 aromatic heterocycles. The van der Waals surface area contributed by atoms with Crippen LogP contribution in [0.4, 0.5) is 0 Å². The molecule has 7 heteroatoms. The molecule has 5 fully saturated rings. The number of amides is 1. The lowest BCUT2D eigenvalue weighted by Gasteiger charge is -2.50. The average molecular weight is 485 g/mol. The second-order valence-electron chi connectivity index (χ2n) is 13.2. The van der Waals surface area contributed by atoms with Crippen molar-refractivity contribution in [3.05, 3.63) is 0 Å². The molecule has 0 aromatic rings. The van der Waals surface area contributed by atoms with Gasteiger partial charge in [-0.2, -0.15) is 5.26 Å². The second kappa shape index (κ2) is 10.3. The highest BCUT2D eigenvalue weighted by molar-refractivity contribution is 5.81. The molecule has 8 unspecified atom stereocenters. The van der Waals surface area contributed by atoms with Gasteiger partial charge in [0.25, 0.3) is 0 Å². The van der Waals surface area contributed by atoms with Gasteiger partial charge in [0, 0.05) is 38.8 Å². The van der Waals surface area contributed by atoms with E-state index in [1.54, 1.807) is 4.90 Å². The zero-order valence-corrected chi connectivity index (χ0v) is 22.4. The van der Waals surface area contributed by atoms with Crippen LogP contribution in [0.3, 0.4) is 0 Å². The van der Waals surface area contributed by atoms with Crippen molar-refractivity contribution in [1.82, 2.24) is 26.4 Å². The summed E-state index contributed by atoms with van der Waals surface area (Å²) in [6.45, 7) is 6.33. The molecule has 7 nitrogen and oxygen atoms in total. The van der Waals surface area contributed by atoms with Crippen molar-refractivity contribution in [2.75, 3.05) is 27.2 Å². The summed E-state index contributed by atoms with van der Waals surface area (Å²) in [6.07, 6.45) is 11.0. The summed E-state index contributed by atoms with van der Waals surface area (Å²) in [5.74, 6) is 4.39. The van der Waals surface area contributed by atoms with E-state index in [1.807, 2.05) is 14.1 Å². The van der Waals surface area contributed by atoms with Crippen LogP contribution >= 0.6 is 0 Å². The Hall–Kier alpha value is -1.20. The average Bonchev–Trinajstić information content (AvgIpc) is 3.33. The van der Waals surface area contributed by atoms with Gasteiger partial charge in [-0.25, -0.2) is 0 Å². The molecule has 1 amide bonds. The van der Waals surface area contributed by atoms with Crippen LogP contribution in [0, 0.1) is 52.3 Å². The van der Waals surface area contributed by atoms with Crippen LogP contribution in [0.5, 0.6) is 0 Å². The molecular weight excluding hydrogens is 436 g/mol. The zero-order valence-electron chi connectivity index (χ0n) is 22.4. The molecule has 8 atom stereocenters. The van der Waals surface area contributed by atoms with E-state index in [0.29, 0.717) is 35.9 Å². The van der Waals surface area contributed by atoms with E-state index in [9.17, 15) is 10.1 Å². The Morgan fingerprint density at radius 3 is 2.23 bits per heavy atom. The summed E-state index contributed by atoms with van der Waals surface area (Å²) < 4.78 is 0. The standard InChI is InChI=1S/C28H48N6O/c1-28(2,16-29)20-9-5-17(6-10-20)26-25-21-13-18(7-11-22(21)31-15-24(25)32-33-26)19-8-12-23(30-14-19)27(35)34(3)4/h17-26,30-33H,5-15H2,1-4H3. The summed E-state index contributed by atoms with van der Waals surface area (Å²) in [5.41, 5.74) is 7.28. The number of carbonyl (C=O) groups is 1. The van der Waals surface area contributed by atoms with E-state index >= 15 is 0 Å². The van der Waals surface area contributed by atoms with E-state index in [2.05, 4.69) is 41.4 Å². The smallest absolute Gasteiger partial charge is 0.239 e. The molecule has 0 bridgehead atoms. The SMILES string of the molecule is CN(C)C(=O)C1CCC(C2CCC3NCC4NNC(C5CCC(C(C)(C)C#N)CC5)C4C3C2)CN1. The van der Waals surface area contributed by atoms with Gasteiger partial charge in [-0.3, -0.25) is 15.6 Å². The molecule has 4 N–H and O–H groups in total. The first-order valence-corrected chi connectivity index (χ1v) is 14.4. The van der Waals surface area contributed by atoms with Crippen LogP contribution in [0.1, 0.15) is 71.6 Å². The van der Waals surface area contributed by atoms with Gasteiger partial charge in [0.1, 0.15) is 0 Å². The van der Waals surface area contributed by atoms with Crippen LogP contribution < -0.4 is 21.5 Å². The van der Waals surface area contributed by atoms with Gasteiger partial charge >= 0.3 is 0 Å². The molecule has 0 aromatic carbocycles. The number of nitriles is 1. The first-order valence-electron chi connectivity index (χ1n) is 14.4. The fourth-order valence-corrected chi connectivity index (χ4v) is 8.55. The van der Waals surface area contributed by atoms with Crippen LogP contribution in [-0.2, 0) is 4.79 Å². The van der Waals surface area contributed by atoms with Crippen LogP contribution in [0.2, 0.25) is 0 Å². The van der Waals surface area contributed by atoms with Crippen molar-refractivity contribution >= 4 is 5.91 Å². The second-order valence-corrected chi connectivity index (χ2v) is 13.2. The molecule has 0 radical (unpaired) electrons. The summed E-state index contributed by atoms with van der Waals surface area (Å²) in [6, 6.07) is 4.32. The van der Waals surface area contributed by atoms with Crippen molar-refractivity contribution in [2.45, 2.75) is 95.8 Å². The lowest BCUT2D eigenvalue weighted by atomic mass is 9.60. The number of hydrogen-bond donors (Lipinski definition) is 4. The Morgan fingerprint density at radius 1 is 0.857 bits per heavy atom. The van der Waals surface area contributed by atoms with Gasteiger partial charge in [-0.1, -0.05) is 0 Å². The monoisotopic (exact) mass is 484 g/mol. The number of nitrogens with one attached hydrogen (secondary N) is 4. The van der Waals surface area contributed by atoms with Crippen LogP contribution in [0.25, 0.3) is 0 Å². The van der Waals surface area contributed by atoms with Crippen molar-refractivity contribution in [1.29, 1.82) is 5.26 Å². The predicted octanol–water partition coefficient (Wildman–Crippen LogP) is 2.65. The molecule has 3 aliphatic heterocycles. The molecule has 3 saturated heterocycles. The minimum Gasteiger partial charge on any atom is -0.347 e. The maximum Gasteiger partial charge on any atom is 0.239 e. The topological polar surface area (TPSA) is 92.2 Å². The normalized spacial score (nSPS) is 44.1. The third-order valence-electron chi connectivity index (χ3n) is 10.8. The number of fused-ring (bicyclic) bond motifs is 3. The highest BCUT2D eigenvalue weighted by atomic mass is 16.2. The number of rotatable bonds is 4. The Balaban J connectivity index is 1.21. The number of hydrogen-bond acceptors (Lipinski definition) is 6. The number of piperidine rings is 2. The zero-order chi connectivity index (χ0) is 24.7. The first kappa shape index (κ1) is 25.4. The Labute approximate surface area is 212 Å². The van der Waals surface area contributed by atoms with Crippen molar-refractivity contribution in [3.8, 4) is 6.07 Å². The molecule has 5 rings (SSSR count). The summed E-state index contributed by atoms with van der Waals surface area (Å²) in [4.78, 5) is 14.1. The lowest BCUT2D eigenvalue weighted by molar-refractivity contribution is -0.131. The quantitative estimate of drug-likeness (QED) is 0.490. The summed E-state index contributed by atoms with van der Waals surface area (Å²) >= 11 is 0. The molecule has 3 heterocycles. The number of hydrazine groups is 1. The maximum atomic E-state index is 12.4. The molecule has 0 spiro atoms. The van der Waals surface area contributed by atoms with Gasteiger partial charge in [-0.05, 0) is 114 Å². The lowest BCUT2D eigenvalue weighted by Crippen LogP contribution is -2.59. The highest BCUT2D eigenvalue weighted by Crippen LogP contribution is 2.48. The minimum atomic E-state index is -0.199. The van der Waals surface area contributed by atoms with Crippen LogP contribution in [-0.4, -0.2) is 62.2 Å². The largest absolute Gasteiger partial charge is 0.347 e. The molecule has 196 valence electrons. The molecule has 35 heavy (non-hydrogen) atoms. The molecule has 2 aliphatic carbocycles. The van der Waals surface area contributed by atoms with Gasteiger partial charge in [0.05, 0.1) is 17.5 Å². The fraction of sp³-hybridized carbons (Fsp3) is 0.929. The van der Waals surface area contributed by atoms with Crippen molar-refractivity contribution in [2.24, 2.45) is 40.9 Å². The number of carbonyl (C=O) groups excluding carboxylic acids is 1. The highest BCUT2D eigenvalue weighted by Gasteiger charge is 2.52. The van der Waals surface area contributed by atoms with Crippen molar-refractivity contribution in [3.63, 3.8) is 0 Å². The van der Waals surface area contributed by atoms with E-state index in [-0.39, 0.29) is 17.4 Å². The maximum absolute atomic E-state index is 12.4.